The van der Waals surface area contributed by atoms with Crippen molar-refractivity contribution in [2.75, 3.05) is 13.7 Å². The normalized spacial score (nSPS) is 11.9. The van der Waals surface area contributed by atoms with Crippen LogP contribution in [0.25, 0.3) is 0 Å². The van der Waals surface area contributed by atoms with Gasteiger partial charge in [0.1, 0.15) is 0 Å². The first kappa shape index (κ1) is 13.3. The van der Waals surface area contributed by atoms with E-state index in [1.807, 2.05) is 6.92 Å². The zero-order valence-electron chi connectivity index (χ0n) is 9.84. The van der Waals surface area contributed by atoms with Crippen molar-refractivity contribution in [1.29, 1.82) is 0 Å². The van der Waals surface area contributed by atoms with Gasteiger partial charge in [-0.15, -0.1) is 0 Å². The lowest BCUT2D eigenvalue weighted by Gasteiger charge is -2.12. The predicted octanol–water partition coefficient (Wildman–Crippen LogP) is 1.60. The molecule has 0 aliphatic heterocycles. The van der Waals surface area contributed by atoms with Crippen LogP contribution in [0.5, 0.6) is 11.5 Å². The second-order valence-corrected chi connectivity index (χ2v) is 3.50. The molecule has 94 valence electrons. The van der Waals surface area contributed by atoms with E-state index >= 15 is 0 Å². The standard InChI is InChI=1S/C12H16O5/c1-3-6-17-9-5-4-8(7-10(9)16-2)11(13)12(14)15/h4-5,7,11,13H,3,6H2,1-2H3,(H,14,15). The highest BCUT2D eigenvalue weighted by molar-refractivity contribution is 5.74. The number of ether oxygens (including phenoxy) is 2. The van der Waals surface area contributed by atoms with Gasteiger partial charge in [-0.2, -0.15) is 0 Å². The van der Waals surface area contributed by atoms with Crippen LogP contribution in [-0.4, -0.2) is 29.9 Å². The Morgan fingerprint density at radius 1 is 1.41 bits per heavy atom. The van der Waals surface area contributed by atoms with Crippen molar-refractivity contribution in [2.45, 2.75) is 19.4 Å². The SMILES string of the molecule is CCCOc1ccc(C(O)C(=O)O)cc1OC. The van der Waals surface area contributed by atoms with Gasteiger partial charge in [-0.05, 0) is 24.1 Å². The summed E-state index contributed by atoms with van der Waals surface area (Å²) < 4.78 is 10.5. The van der Waals surface area contributed by atoms with Crippen molar-refractivity contribution in [2.24, 2.45) is 0 Å². The van der Waals surface area contributed by atoms with E-state index in [4.69, 9.17) is 14.6 Å². The minimum Gasteiger partial charge on any atom is -0.493 e. The number of carbonyl (C=O) groups is 1. The minimum absolute atomic E-state index is 0.262. The molecular weight excluding hydrogens is 224 g/mol. The van der Waals surface area contributed by atoms with Crippen molar-refractivity contribution in [3.63, 3.8) is 0 Å². The van der Waals surface area contributed by atoms with E-state index in [1.54, 1.807) is 6.07 Å². The minimum atomic E-state index is -1.55. The van der Waals surface area contributed by atoms with Crippen LogP contribution < -0.4 is 9.47 Å². The summed E-state index contributed by atoms with van der Waals surface area (Å²) >= 11 is 0. The number of aliphatic hydroxyl groups excluding tert-OH is 1. The maximum atomic E-state index is 10.6. The van der Waals surface area contributed by atoms with Crippen molar-refractivity contribution in [3.8, 4) is 11.5 Å². The zero-order valence-corrected chi connectivity index (χ0v) is 9.84. The van der Waals surface area contributed by atoms with E-state index in [0.717, 1.165) is 6.42 Å². The maximum absolute atomic E-state index is 10.6. The Labute approximate surface area is 99.6 Å². The fourth-order valence-electron chi connectivity index (χ4n) is 1.33. The molecule has 5 heteroatoms. The summed E-state index contributed by atoms with van der Waals surface area (Å²) in [6.07, 6.45) is -0.688. The van der Waals surface area contributed by atoms with Crippen LogP contribution in [0.2, 0.25) is 0 Å². The molecular formula is C12H16O5. The van der Waals surface area contributed by atoms with Crippen LogP contribution in [0.1, 0.15) is 25.0 Å². The van der Waals surface area contributed by atoms with Gasteiger partial charge in [0, 0.05) is 0 Å². The first-order valence-electron chi connectivity index (χ1n) is 5.31. The molecule has 1 rings (SSSR count). The van der Waals surface area contributed by atoms with Crippen molar-refractivity contribution in [1.82, 2.24) is 0 Å². The molecule has 0 saturated carbocycles. The fraction of sp³-hybridized carbons (Fsp3) is 0.417. The molecule has 0 bridgehead atoms. The molecule has 0 radical (unpaired) electrons. The number of rotatable bonds is 6. The lowest BCUT2D eigenvalue weighted by molar-refractivity contribution is -0.146. The Morgan fingerprint density at radius 2 is 2.12 bits per heavy atom. The molecule has 0 saturated heterocycles. The number of benzene rings is 1. The summed E-state index contributed by atoms with van der Waals surface area (Å²) in [5.74, 6) is -0.346. The molecule has 0 spiro atoms. The molecule has 0 aliphatic carbocycles. The van der Waals surface area contributed by atoms with Crippen LogP contribution >= 0.6 is 0 Å². The van der Waals surface area contributed by atoms with Crippen molar-refractivity contribution in [3.05, 3.63) is 23.8 Å². The van der Waals surface area contributed by atoms with Crippen LogP contribution in [0.15, 0.2) is 18.2 Å². The summed E-state index contributed by atoms with van der Waals surface area (Å²) in [7, 11) is 1.46. The molecule has 5 nitrogen and oxygen atoms in total. The number of carboxylic acids is 1. The molecule has 2 N–H and O–H groups in total. The zero-order chi connectivity index (χ0) is 12.8. The van der Waals surface area contributed by atoms with Crippen molar-refractivity contribution >= 4 is 5.97 Å². The first-order chi connectivity index (χ1) is 8.10. The molecule has 0 fully saturated rings. The summed E-state index contributed by atoms with van der Waals surface area (Å²) in [4.78, 5) is 10.6. The van der Waals surface area contributed by atoms with Gasteiger partial charge in [0.05, 0.1) is 13.7 Å². The summed E-state index contributed by atoms with van der Waals surface area (Å²) in [6, 6.07) is 4.56. The first-order valence-corrected chi connectivity index (χ1v) is 5.31. The van der Waals surface area contributed by atoms with E-state index in [-0.39, 0.29) is 5.56 Å². The third kappa shape index (κ3) is 3.35. The Kier molecular flexibility index (Phi) is 4.78. The lowest BCUT2D eigenvalue weighted by atomic mass is 10.1. The van der Waals surface area contributed by atoms with Crippen LogP contribution in [0.3, 0.4) is 0 Å². The molecule has 1 aromatic carbocycles. The predicted molar refractivity (Wildman–Crippen MR) is 61.4 cm³/mol. The largest absolute Gasteiger partial charge is 0.493 e. The van der Waals surface area contributed by atoms with Gasteiger partial charge >= 0.3 is 5.97 Å². The molecule has 1 aromatic rings. The van der Waals surface area contributed by atoms with E-state index < -0.39 is 12.1 Å². The van der Waals surface area contributed by atoms with Gasteiger partial charge in [-0.3, -0.25) is 0 Å². The Bertz CT molecular complexity index is 388. The van der Waals surface area contributed by atoms with Gasteiger partial charge in [0.25, 0.3) is 0 Å². The smallest absolute Gasteiger partial charge is 0.337 e. The van der Waals surface area contributed by atoms with Crippen LogP contribution in [0, 0.1) is 0 Å². The second kappa shape index (κ2) is 6.10. The highest BCUT2D eigenvalue weighted by atomic mass is 16.5. The van der Waals surface area contributed by atoms with Gasteiger partial charge in [-0.1, -0.05) is 13.0 Å². The van der Waals surface area contributed by atoms with Gasteiger partial charge < -0.3 is 19.7 Å². The third-order valence-corrected chi connectivity index (χ3v) is 2.20. The molecule has 0 aliphatic rings. The average molecular weight is 240 g/mol. The fourth-order valence-corrected chi connectivity index (χ4v) is 1.33. The molecule has 0 aromatic heterocycles. The number of carboxylic acid groups (broad SMARTS) is 1. The Hall–Kier alpha value is -1.75. The second-order valence-electron chi connectivity index (χ2n) is 3.50. The van der Waals surface area contributed by atoms with Gasteiger partial charge in [0.2, 0.25) is 0 Å². The number of aliphatic carboxylic acids is 1. The molecule has 0 amide bonds. The monoisotopic (exact) mass is 240 g/mol. The van der Waals surface area contributed by atoms with E-state index in [2.05, 4.69) is 0 Å². The highest BCUT2D eigenvalue weighted by Gasteiger charge is 2.17. The quantitative estimate of drug-likeness (QED) is 0.789. The third-order valence-electron chi connectivity index (χ3n) is 2.20. The Morgan fingerprint density at radius 3 is 2.65 bits per heavy atom. The topological polar surface area (TPSA) is 76.0 Å². The van der Waals surface area contributed by atoms with Crippen LogP contribution in [0.4, 0.5) is 0 Å². The molecule has 1 unspecified atom stereocenters. The highest BCUT2D eigenvalue weighted by Crippen LogP contribution is 2.30. The Balaban J connectivity index is 2.95. The molecule has 0 heterocycles. The summed E-state index contributed by atoms with van der Waals surface area (Å²) in [5, 5.41) is 18.1. The number of methoxy groups -OCH3 is 1. The van der Waals surface area contributed by atoms with E-state index in [9.17, 15) is 9.90 Å². The van der Waals surface area contributed by atoms with Crippen LogP contribution in [-0.2, 0) is 4.79 Å². The summed E-state index contributed by atoms with van der Waals surface area (Å²) in [5.41, 5.74) is 0.262. The average Bonchev–Trinajstić information content (AvgIpc) is 2.35. The van der Waals surface area contributed by atoms with Gasteiger partial charge in [-0.25, -0.2) is 4.79 Å². The van der Waals surface area contributed by atoms with Gasteiger partial charge in [0.15, 0.2) is 17.6 Å². The number of aliphatic hydroxyl groups is 1. The summed E-state index contributed by atoms with van der Waals surface area (Å²) in [6.45, 7) is 2.53. The number of hydrogen-bond donors (Lipinski definition) is 2. The van der Waals surface area contributed by atoms with E-state index in [1.165, 1.54) is 19.2 Å². The molecule has 1 atom stereocenters. The number of hydrogen-bond acceptors (Lipinski definition) is 4. The lowest BCUT2D eigenvalue weighted by Crippen LogP contribution is -2.10. The van der Waals surface area contributed by atoms with E-state index in [0.29, 0.717) is 18.1 Å². The van der Waals surface area contributed by atoms with Crippen molar-refractivity contribution < 1.29 is 24.5 Å². The maximum Gasteiger partial charge on any atom is 0.337 e. The molecule has 17 heavy (non-hydrogen) atoms.